The molecule has 0 unspecified atom stereocenters. The summed E-state index contributed by atoms with van der Waals surface area (Å²) in [6.07, 6.45) is 6.75. The standard InChI is InChI=1S/C16H22N4/c1-17-13-7-9-14(10-8-13)20(2)16-15-6-4-3-5-12(15)11-18-19-16/h3-6,11,13-14,17H,7-10H2,1-2H3. The first-order chi connectivity index (χ1) is 9.79. The van der Waals surface area contributed by atoms with Gasteiger partial charge in [0.25, 0.3) is 0 Å². The topological polar surface area (TPSA) is 41.0 Å². The molecule has 4 nitrogen and oxygen atoms in total. The van der Waals surface area contributed by atoms with Gasteiger partial charge in [0.1, 0.15) is 0 Å². The number of aromatic nitrogens is 2. The SMILES string of the molecule is CNC1CCC(N(C)c2nncc3ccccc23)CC1. The van der Waals surface area contributed by atoms with Crippen LogP contribution in [0, 0.1) is 0 Å². The van der Waals surface area contributed by atoms with Crippen molar-refractivity contribution in [3.63, 3.8) is 0 Å². The van der Waals surface area contributed by atoms with Crippen LogP contribution in [0.1, 0.15) is 25.7 Å². The highest BCUT2D eigenvalue weighted by Gasteiger charge is 2.24. The Morgan fingerprint density at radius 2 is 1.90 bits per heavy atom. The van der Waals surface area contributed by atoms with Crippen molar-refractivity contribution in [1.82, 2.24) is 15.5 Å². The second-order valence-electron chi connectivity index (χ2n) is 5.66. The molecule has 1 aromatic heterocycles. The van der Waals surface area contributed by atoms with Crippen LogP contribution in [0.3, 0.4) is 0 Å². The van der Waals surface area contributed by atoms with Crippen molar-refractivity contribution in [2.24, 2.45) is 0 Å². The van der Waals surface area contributed by atoms with Gasteiger partial charge in [-0.3, -0.25) is 0 Å². The summed E-state index contributed by atoms with van der Waals surface area (Å²) < 4.78 is 0. The zero-order valence-corrected chi connectivity index (χ0v) is 12.2. The number of benzene rings is 1. The van der Waals surface area contributed by atoms with Crippen LogP contribution in [0.2, 0.25) is 0 Å². The molecule has 0 atom stereocenters. The molecule has 0 spiro atoms. The van der Waals surface area contributed by atoms with Crippen LogP contribution in [-0.2, 0) is 0 Å². The van der Waals surface area contributed by atoms with E-state index in [1.165, 1.54) is 31.1 Å². The van der Waals surface area contributed by atoms with Gasteiger partial charge >= 0.3 is 0 Å². The molecule has 106 valence electrons. The largest absolute Gasteiger partial charge is 0.355 e. The first kappa shape index (κ1) is 13.3. The van der Waals surface area contributed by atoms with E-state index >= 15 is 0 Å². The number of rotatable bonds is 3. The summed E-state index contributed by atoms with van der Waals surface area (Å²) in [4.78, 5) is 2.32. The fourth-order valence-electron chi connectivity index (χ4n) is 3.20. The summed E-state index contributed by atoms with van der Waals surface area (Å²) in [6, 6.07) is 9.59. The Balaban J connectivity index is 1.84. The van der Waals surface area contributed by atoms with Crippen molar-refractivity contribution in [3.05, 3.63) is 30.5 Å². The van der Waals surface area contributed by atoms with E-state index in [1.54, 1.807) is 0 Å². The number of fused-ring (bicyclic) bond motifs is 1. The number of anilines is 1. The number of hydrogen-bond donors (Lipinski definition) is 1. The monoisotopic (exact) mass is 270 g/mol. The molecule has 0 aliphatic heterocycles. The van der Waals surface area contributed by atoms with Crippen molar-refractivity contribution >= 4 is 16.6 Å². The molecular weight excluding hydrogens is 248 g/mol. The van der Waals surface area contributed by atoms with Crippen molar-refractivity contribution in [3.8, 4) is 0 Å². The lowest BCUT2D eigenvalue weighted by molar-refractivity contribution is 0.350. The van der Waals surface area contributed by atoms with Gasteiger partial charge in [0.15, 0.2) is 5.82 Å². The number of nitrogens with one attached hydrogen (secondary N) is 1. The summed E-state index contributed by atoms with van der Waals surface area (Å²) >= 11 is 0. The quantitative estimate of drug-likeness (QED) is 0.931. The highest BCUT2D eigenvalue weighted by atomic mass is 15.3. The molecule has 1 aliphatic rings. The Labute approximate surface area is 120 Å². The van der Waals surface area contributed by atoms with Gasteiger partial charge in [0, 0.05) is 29.9 Å². The molecule has 0 radical (unpaired) electrons. The van der Waals surface area contributed by atoms with E-state index in [0.717, 1.165) is 11.2 Å². The third-order valence-electron chi connectivity index (χ3n) is 4.54. The minimum Gasteiger partial charge on any atom is -0.355 e. The zero-order valence-electron chi connectivity index (χ0n) is 12.2. The van der Waals surface area contributed by atoms with Crippen LogP contribution in [-0.4, -0.2) is 36.4 Å². The summed E-state index contributed by atoms with van der Waals surface area (Å²) in [5.41, 5.74) is 0. The van der Waals surface area contributed by atoms with Crippen LogP contribution >= 0.6 is 0 Å². The Morgan fingerprint density at radius 3 is 2.65 bits per heavy atom. The highest BCUT2D eigenvalue weighted by Crippen LogP contribution is 2.29. The molecule has 3 rings (SSSR count). The first-order valence-corrected chi connectivity index (χ1v) is 7.40. The van der Waals surface area contributed by atoms with Crippen LogP contribution in [0.25, 0.3) is 10.8 Å². The first-order valence-electron chi connectivity index (χ1n) is 7.40. The smallest absolute Gasteiger partial charge is 0.159 e. The molecule has 1 heterocycles. The van der Waals surface area contributed by atoms with Crippen molar-refractivity contribution in [1.29, 1.82) is 0 Å². The van der Waals surface area contributed by atoms with Gasteiger partial charge in [-0.15, -0.1) is 5.10 Å². The van der Waals surface area contributed by atoms with E-state index in [4.69, 9.17) is 0 Å². The van der Waals surface area contributed by atoms with Gasteiger partial charge in [-0.1, -0.05) is 24.3 Å². The van der Waals surface area contributed by atoms with E-state index in [1.807, 2.05) is 12.3 Å². The van der Waals surface area contributed by atoms with Crippen LogP contribution in [0.4, 0.5) is 5.82 Å². The lowest BCUT2D eigenvalue weighted by Crippen LogP contribution is -2.40. The summed E-state index contributed by atoms with van der Waals surface area (Å²) in [5, 5.41) is 14.3. The van der Waals surface area contributed by atoms with Gasteiger partial charge in [-0.05, 0) is 32.7 Å². The number of nitrogens with zero attached hydrogens (tertiary/aromatic N) is 3. The predicted octanol–water partition coefficient (Wildman–Crippen LogP) is 2.60. The van der Waals surface area contributed by atoms with Crippen LogP contribution in [0.15, 0.2) is 30.5 Å². The second-order valence-corrected chi connectivity index (χ2v) is 5.66. The minimum atomic E-state index is 0.569. The van der Waals surface area contributed by atoms with Crippen molar-refractivity contribution < 1.29 is 0 Å². The van der Waals surface area contributed by atoms with Crippen molar-refractivity contribution in [2.45, 2.75) is 37.8 Å². The third-order valence-corrected chi connectivity index (χ3v) is 4.54. The molecule has 0 amide bonds. The molecule has 1 saturated carbocycles. The fourth-order valence-corrected chi connectivity index (χ4v) is 3.20. The van der Waals surface area contributed by atoms with Gasteiger partial charge in [-0.2, -0.15) is 5.10 Å². The van der Waals surface area contributed by atoms with Crippen LogP contribution < -0.4 is 10.2 Å². The van der Waals surface area contributed by atoms with Gasteiger partial charge < -0.3 is 10.2 Å². The molecule has 20 heavy (non-hydrogen) atoms. The molecule has 1 aliphatic carbocycles. The maximum atomic E-state index is 4.38. The lowest BCUT2D eigenvalue weighted by Gasteiger charge is -2.35. The minimum absolute atomic E-state index is 0.569. The Kier molecular flexibility index (Phi) is 3.83. The summed E-state index contributed by atoms with van der Waals surface area (Å²) in [7, 11) is 4.21. The average Bonchev–Trinajstić information content (AvgIpc) is 2.54. The third kappa shape index (κ3) is 2.48. The molecule has 0 saturated heterocycles. The average molecular weight is 270 g/mol. The molecule has 1 N–H and O–H groups in total. The highest BCUT2D eigenvalue weighted by molar-refractivity contribution is 5.91. The molecule has 4 heteroatoms. The molecule has 1 aromatic carbocycles. The van der Waals surface area contributed by atoms with Gasteiger partial charge in [0.05, 0.1) is 6.20 Å². The maximum absolute atomic E-state index is 4.38. The van der Waals surface area contributed by atoms with Gasteiger partial charge in [-0.25, -0.2) is 0 Å². The van der Waals surface area contributed by atoms with E-state index in [2.05, 4.69) is 52.7 Å². The van der Waals surface area contributed by atoms with E-state index in [0.29, 0.717) is 12.1 Å². The molecule has 2 aromatic rings. The summed E-state index contributed by atoms with van der Waals surface area (Å²) in [5.74, 6) is 1.01. The molecular formula is C16H22N4. The summed E-state index contributed by atoms with van der Waals surface area (Å²) in [6.45, 7) is 0. The Bertz CT molecular complexity index is 570. The van der Waals surface area contributed by atoms with E-state index < -0.39 is 0 Å². The Hall–Kier alpha value is -1.68. The van der Waals surface area contributed by atoms with Gasteiger partial charge in [0.2, 0.25) is 0 Å². The maximum Gasteiger partial charge on any atom is 0.159 e. The normalized spacial score (nSPS) is 22.9. The van der Waals surface area contributed by atoms with Crippen molar-refractivity contribution in [2.75, 3.05) is 19.0 Å². The van der Waals surface area contributed by atoms with E-state index in [-0.39, 0.29) is 0 Å². The van der Waals surface area contributed by atoms with Crippen LogP contribution in [0.5, 0.6) is 0 Å². The number of hydrogen-bond acceptors (Lipinski definition) is 4. The lowest BCUT2D eigenvalue weighted by atomic mass is 9.90. The fraction of sp³-hybridized carbons (Fsp3) is 0.500. The molecule has 0 bridgehead atoms. The zero-order chi connectivity index (χ0) is 13.9. The second kappa shape index (κ2) is 5.75. The predicted molar refractivity (Wildman–Crippen MR) is 83.0 cm³/mol. The molecule has 1 fully saturated rings. The Morgan fingerprint density at radius 1 is 1.15 bits per heavy atom. The van der Waals surface area contributed by atoms with E-state index in [9.17, 15) is 0 Å².